The normalized spacial score (nSPS) is 10.3. The van der Waals surface area contributed by atoms with E-state index in [1.54, 1.807) is 30.3 Å². The molecule has 1 heterocycles. The first-order chi connectivity index (χ1) is 13.0. The summed E-state index contributed by atoms with van der Waals surface area (Å²) in [6, 6.07) is 18.4. The minimum Gasteiger partial charge on any atom is -0.339 e. The van der Waals surface area contributed by atoms with E-state index in [9.17, 15) is 9.59 Å². The van der Waals surface area contributed by atoms with Crippen LogP contribution in [-0.2, 0) is 11.2 Å². The summed E-state index contributed by atoms with van der Waals surface area (Å²) in [6.07, 6.45) is 0.279. The number of aryl methyl sites for hydroxylation is 1. The van der Waals surface area contributed by atoms with Crippen LogP contribution < -0.4 is 10.6 Å². The highest BCUT2D eigenvalue weighted by molar-refractivity contribution is 5.95. The molecule has 0 fully saturated rings. The number of nitrogens with one attached hydrogen (secondary N) is 2. The van der Waals surface area contributed by atoms with Crippen LogP contribution in [0.4, 0.5) is 17.3 Å². The smallest absolute Gasteiger partial charge is 0.229 e. The third-order valence-corrected chi connectivity index (χ3v) is 3.92. The van der Waals surface area contributed by atoms with E-state index >= 15 is 0 Å². The first-order valence-corrected chi connectivity index (χ1v) is 8.57. The molecule has 0 atom stereocenters. The molecule has 27 heavy (non-hydrogen) atoms. The zero-order valence-electron chi connectivity index (χ0n) is 15.2. The maximum Gasteiger partial charge on any atom is 0.229 e. The average Bonchev–Trinajstić information content (AvgIpc) is 2.63. The molecule has 0 aliphatic carbocycles. The molecule has 1 aromatic heterocycles. The van der Waals surface area contributed by atoms with Gasteiger partial charge >= 0.3 is 0 Å². The second-order valence-corrected chi connectivity index (χ2v) is 6.28. The standard InChI is InChI=1S/C21H20N4O2/c1-14-5-3-6-16(11-14)12-21(27)23-20-10-9-19(24-25-20)22-18-8-4-7-17(13-18)15(2)26/h3-11,13H,12H2,1-2H3,(H,22,24)(H,23,25,27). The highest BCUT2D eigenvalue weighted by Gasteiger charge is 2.07. The third kappa shape index (κ3) is 5.22. The Bertz CT molecular complexity index is 968. The topological polar surface area (TPSA) is 84.0 Å². The maximum absolute atomic E-state index is 12.1. The van der Waals surface area contributed by atoms with Crippen LogP contribution in [0.15, 0.2) is 60.7 Å². The lowest BCUT2D eigenvalue weighted by Gasteiger charge is -2.08. The highest BCUT2D eigenvalue weighted by Crippen LogP contribution is 2.17. The summed E-state index contributed by atoms with van der Waals surface area (Å²) >= 11 is 0. The molecule has 0 bridgehead atoms. The van der Waals surface area contributed by atoms with Gasteiger partial charge in [0.15, 0.2) is 17.4 Å². The molecule has 0 saturated carbocycles. The summed E-state index contributed by atoms with van der Waals surface area (Å²) in [6.45, 7) is 3.51. The van der Waals surface area contributed by atoms with Crippen LogP contribution in [0.25, 0.3) is 0 Å². The average molecular weight is 360 g/mol. The molecule has 1 amide bonds. The maximum atomic E-state index is 12.1. The molecule has 6 nitrogen and oxygen atoms in total. The van der Waals surface area contributed by atoms with E-state index in [0.29, 0.717) is 17.2 Å². The van der Waals surface area contributed by atoms with Crippen LogP contribution >= 0.6 is 0 Å². The molecule has 0 aliphatic rings. The van der Waals surface area contributed by atoms with E-state index in [0.717, 1.165) is 16.8 Å². The van der Waals surface area contributed by atoms with E-state index in [1.165, 1.54) is 6.92 Å². The van der Waals surface area contributed by atoms with Gasteiger partial charge in [-0.1, -0.05) is 42.0 Å². The Morgan fingerprint density at radius 2 is 1.67 bits per heavy atom. The van der Waals surface area contributed by atoms with Crippen LogP contribution in [0.1, 0.15) is 28.4 Å². The molecule has 3 rings (SSSR count). The fourth-order valence-corrected chi connectivity index (χ4v) is 2.62. The lowest BCUT2D eigenvalue weighted by molar-refractivity contribution is -0.115. The van der Waals surface area contributed by atoms with Crippen molar-refractivity contribution in [1.29, 1.82) is 0 Å². The third-order valence-electron chi connectivity index (χ3n) is 3.92. The molecular weight excluding hydrogens is 340 g/mol. The number of nitrogens with zero attached hydrogens (tertiary/aromatic N) is 2. The minimum absolute atomic E-state index is 0.00333. The number of carbonyl (C=O) groups excluding carboxylic acids is 2. The second kappa shape index (κ2) is 8.23. The van der Waals surface area contributed by atoms with Crippen molar-refractivity contribution in [2.75, 3.05) is 10.6 Å². The summed E-state index contributed by atoms with van der Waals surface area (Å²) in [5, 5.41) is 13.9. The van der Waals surface area contributed by atoms with Gasteiger partial charge in [-0.05, 0) is 43.7 Å². The minimum atomic E-state index is -0.148. The van der Waals surface area contributed by atoms with Crippen molar-refractivity contribution < 1.29 is 9.59 Å². The molecule has 3 aromatic rings. The van der Waals surface area contributed by atoms with Crippen molar-refractivity contribution in [3.63, 3.8) is 0 Å². The van der Waals surface area contributed by atoms with Crippen molar-refractivity contribution in [2.24, 2.45) is 0 Å². The van der Waals surface area contributed by atoms with Crippen molar-refractivity contribution in [1.82, 2.24) is 10.2 Å². The van der Waals surface area contributed by atoms with Crippen LogP contribution in [0.2, 0.25) is 0 Å². The first kappa shape index (κ1) is 18.3. The Hall–Kier alpha value is -3.54. The van der Waals surface area contributed by atoms with Gasteiger partial charge in [-0.15, -0.1) is 10.2 Å². The number of benzene rings is 2. The number of Topliss-reactive ketones (excluding diaryl/α,β-unsaturated/α-hetero) is 1. The van der Waals surface area contributed by atoms with Crippen LogP contribution in [-0.4, -0.2) is 21.9 Å². The number of aromatic nitrogens is 2. The van der Waals surface area contributed by atoms with E-state index in [-0.39, 0.29) is 18.1 Å². The SMILES string of the molecule is CC(=O)c1cccc(Nc2ccc(NC(=O)Cc3cccc(C)c3)nn2)c1. The number of rotatable bonds is 6. The van der Waals surface area contributed by atoms with E-state index < -0.39 is 0 Å². The zero-order chi connectivity index (χ0) is 19.2. The fraction of sp³-hybridized carbons (Fsp3) is 0.143. The van der Waals surface area contributed by atoms with Gasteiger partial charge in [0.05, 0.1) is 6.42 Å². The quantitative estimate of drug-likeness (QED) is 0.651. The molecule has 0 aliphatic heterocycles. The van der Waals surface area contributed by atoms with Crippen molar-refractivity contribution in [3.8, 4) is 0 Å². The van der Waals surface area contributed by atoms with Gasteiger partial charge < -0.3 is 10.6 Å². The molecule has 0 saturated heterocycles. The number of carbonyl (C=O) groups is 2. The van der Waals surface area contributed by atoms with E-state index in [4.69, 9.17) is 0 Å². The number of hydrogen-bond acceptors (Lipinski definition) is 5. The monoisotopic (exact) mass is 360 g/mol. The zero-order valence-corrected chi connectivity index (χ0v) is 15.2. The summed E-state index contributed by atoms with van der Waals surface area (Å²) < 4.78 is 0. The van der Waals surface area contributed by atoms with E-state index in [2.05, 4.69) is 20.8 Å². The predicted molar refractivity (Wildman–Crippen MR) is 105 cm³/mol. The van der Waals surface area contributed by atoms with Gasteiger partial charge in [-0.3, -0.25) is 9.59 Å². The summed E-state index contributed by atoms with van der Waals surface area (Å²) in [4.78, 5) is 23.6. The second-order valence-electron chi connectivity index (χ2n) is 6.28. The summed E-state index contributed by atoms with van der Waals surface area (Å²) in [5.74, 6) is 0.754. The Morgan fingerprint density at radius 1 is 0.926 bits per heavy atom. The van der Waals surface area contributed by atoms with Gasteiger partial charge in [0, 0.05) is 11.3 Å². The Kier molecular flexibility index (Phi) is 5.56. The molecule has 0 spiro atoms. The number of anilines is 3. The predicted octanol–water partition coefficient (Wildman–Crippen LogP) is 3.91. The number of amides is 1. The number of hydrogen-bond donors (Lipinski definition) is 2. The summed E-state index contributed by atoms with van der Waals surface area (Å²) in [7, 11) is 0. The van der Waals surface area contributed by atoms with Gasteiger partial charge in [0.25, 0.3) is 0 Å². The summed E-state index contributed by atoms with van der Waals surface area (Å²) in [5.41, 5.74) is 3.43. The molecule has 0 radical (unpaired) electrons. The van der Waals surface area contributed by atoms with Crippen LogP contribution in [0, 0.1) is 6.92 Å². The molecule has 2 N–H and O–H groups in total. The highest BCUT2D eigenvalue weighted by atomic mass is 16.1. The van der Waals surface area contributed by atoms with Crippen molar-refractivity contribution in [3.05, 3.63) is 77.4 Å². The fourth-order valence-electron chi connectivity index (χ4n) is 2.62. The van der Waals surface area contributed by atoms with Crippen molar-refractivity contribution in [2.45, 2.75) is 20.3 Å². The van der Waals surface area contributed by atoms with E-state index in [1.807, 2.05) is 37.3 Å². The molecule has 6 heteroatoms. The van der Waals surface area contributed by atoms with Gasteiger partial charge in [0.1, 0.15) is 0 Å². The van der Waals surface area contributed by atoms with Crippen LogP contribution in [0.3, 0.4) is 0 Å². The largest absolute Gasteiger partial charge is 0.339 e. The van der Waals surface area contributed by atoms with Gasteiger partial charge in [-0.2, -0.15) is 0 Å². The lowest BCUT2D eigenvalue weighted by Crippen LogP contribution is -2.15. The molecule has 136 valence electrons. The number of ketones is 1. The molecule has 0 unspecified atom stereocenters. The lowest BCUT2D eigenvalue weighted by atomic mass is 10.1. The van der Waals surface area contributed by atoms with Crippen molar-refractivity contribution >= 4 is 29.0 Å². The molecule has 2 aromatic carbocycles. The first-order valence-electron chi connectivity index (χ1n) is 8.57. The Morgan fingerprint density at radius 3 is 2.37 bits per heavy atom. The Labute approximate surface area is 157 Å². The van der Waals surface area contributed by atoms with Crippen LogP contribution in [0.5, 0.6) is 0 Å². The van der Waals surface area contributed by atoms with Gasteiger partial charge in [-0.25, -0.2) is 0 Å². The Balaban J connectivity index is 1.61. The van der Waals surface area contributed by atoms with Gasteiger partial charge in [0.2, 0.25) is 5.91 Å². The molecular formula is C21H20N4O2.